The molecule has 0 fully saturated rings. The highest BCUT2D eigenvalue weighted by Crippen LogP contribution is 2.16. The molecular formula is C10H12N4O2. The molecule has 0 unspecified atom stereocenters. The second-order valence-electron chi connectivity index (χ2n) is 3.29. The average Bonchev–Trinajstić information content (AvgIpc) is 2.66. The number of aromatic nitrogens is 4. The summed E-state index contributed by atoms with van der Waals surface area (Å²) in [4.78, 5) is 17.3. The molecule has 0 saturated heterocycles. The van der Waals surface area contributed by atoms with Gasteiger partial charge in [0.2, 0.25) is 5.88 Å². The maximum absolute atomic E-state index is 11.0. The van der Waals surface area contributed by atoms with Gasteiger partial charge in [-0.1, -0.05) is 6.92 Å². The summed E-state index contributed by atoms with van der Waals surface area (Å²) >= 11 is 0. The summed E-state index contributed by atoms with van der Waals surface area (Å²) in [7, 11) is 0. The van der Waals surface area contributed by atoms with Crippen LogP contribution >= 0.6 is 0 Å². The normalized spacial score (nSPS) is 10.3. The van der Waals surface area contributed by atoms with Gasteiger partial charge < -0.3 is 9.72 Å². The summed E-state index contributed by atoms with van der Waals surface area (Å²) < 4.78 is 7.15. The predicted octanol–water partition coefficient (Wildman–Crippen LogP) is 1.17. The number of aromatic amines is 1. The molecule has 0 saturated carbocycles. The van der Waals surface area contributed by atoms with Crippen LogP contribution < -0.4 is 10.3 Å². The van der Waals surface area contributed by atoms with Crippen LogP contribution in [0.1, 0.15) is 13.3 Å². The van der Waals surface area contributed by atoms with Gasteiger partial charge in [0.1, 0.15) is 0 Å². The number of hydrogen-bond acceptors (Lipinski definition) is 4. The molecule has 0 bridgehead atoms. The number of nitrogens with zero attached hydrogens (tertiary/aromatic N) is 3. The van der Waals surface area contributed by atoms with Gasteiger partial charge >= 0.3 is 0 Å². The molecule has 2 aromatic rings. The summed E-state index contributed by atoms with van der Waals surface area (Å²) in [6.45, 7) is 2.91. The van der Waals surface area contributed by atoms with Crippen molar-refractivity contribution in [2.24, 2.45) is 0 Å². The van der Waals surface area contributed by atoms with Gasteiger partial charge in [-0.2, -0.15) is 5.10 Å². The number of H-pyrrole nitrogens is 1. The fourth-order valence-corrected chi connectivity index (χ4v) is 1.28. The van der Waals surface area contributed by atoms with E-state index in [1.54, 1.807) is 17.1 Å². The van der Waals surface area contributed by atoms with Crippen molar-refractivity contribution in [1.82, 2.24) is 19.7 Å². The van der Waals surface area contributed by atoms with Gasteiger partial charge in [0, 0.05) is 6.54 Å². The molecule has 1 N–H and O–H groups in total. The number of aryl methyl sites for hydroxylation is 1. The molecule has 16 heavy (non-hydrogen) atoms. The first kappa shape index (κ1) is 10.4. The number of nitrogens with one attached hydrogen (secondary N) is 1. The summed E-state index contributed by atoms with van der Waals surface area (Å²) in [5.74, 6) is 0.839. The molecule has 0 aliphatic carbocycles. The lowest BCUT2D eigenvalue weighted by molar-refractivity contribution is 0.459. The van der Waals surface area contributed by atoms with E-state index in [2.05, 4.69) is 22.0 Å². The second-order valence-corrected chi connectivity index (χ2v) is 3.29. The molecule has 0 amide bonds. The topological polar surface area (TPSA) is 72.8 Å². The molecule has 6 heteroatoms. The Morgan fingerprint density at radius 3 is 3.19 bits per heavy atom. The van der Waals surface area contributed by atoms with E-state index in [0.29, 0.717) is 5.75 Å². The molecule has 2 heterocycles. The summed E-state index contributed by atoms with van der Waals surface area (Å²) in [6.07, 6.45) is 5.67. The van der Waals surface area contributed by atoms with E-state index in [0.717, 1.165) is 13.0 Å². The van der Waals surface area contributed by atoms with Gasteiger partial charge in [-0.15, -0.1) is 0 Å². The highest BCUT2D eigenvalue weighted by Gasteiger charge is 2.02. The van der Waals surface area contributed by atoms with Gasteiger partial charge in [-0.05, 0) is 6.42 Å². The van der Waals surface area contributed by atoms with Crippen LogP contribution in [0.15, 0.2) is 29.6 Å². The van der Waals surface area contributed by atoms with E-state index in [9.17, 15) is 4.79 Å². The molecule has 84 valence electrons. The van der Waals surface area contributed by atoms with Crippen LogP contribution in [0.2, 0.25) is 0 Å². The number of rotatable bonds is 4. The fourth-order valence-electron chi connectivity index (χ4n) is 1.28. The lowest BCUT2D eigenvalue weighted by Crippen LogP contribution is -2.04. The van der Waals surface area contributed by atoms with Crippen molar-refractivity contribution in [3.05, 3.63) is 35.1 Å². The summed E-state index contributed by atoms with van der Waals surface area (Å²) in [6, 6.07) is 1.29. The lowest BCUT2D eigenvalue weighted by Gasteiger charge is -1.99. The lowest BCUT2D eigenvalue weighted by atomic mass is 10.5. The van der Waals surface area contributed by atoms with Crippen molar-refractivity contribution in [2.45, 2.75) is 19.9 Å². The van der Waals surface area contributed by atoms with Gasteiger partial charge in [-0.25, -0.2) is 4.98 Å². The first-order valence-corrected chi connectivity index (χ1v) is 5.03. The minimum atomic E-state index is -0.244. The standard InChI is InChI=1S/C10H12N4O2/c1-2-3-14-6-8(5-13-14)16-10-4-9(15)11-7-12-10/h4-7H,2-3H2,1H3,(H,11,12,15). The number of hydrogen-bond donors (Lipinski definition) is 1. The molecule has 0 aliphatic heterocycles. The average molecular weight is 220 g/mol. The molecule has 0 aromatic carbocycles. The predicted molar refractivity (Wildman–Crippen MR) is 57.4 cm³/mol. The maximum Gasteiger partial charge on any atom is 0.254 e. The van der Waals surface area contributed by atoms with E-state index in [1.807, 2.05) is 0 Å². The Balaban J connectivity index is 2.11. The van der Waals surface area contributed by atoms with Crippen LogP contribution in [0.5, 0.6) is 11.6 Å². The Labute approximate surface area is 91.9 Å². The minimum absolute atomic E-state index is 0.244. The molecule has 0 atom stereocenters. The molecule has 2 aromatic heterocycles. The van der Waals surface area contributed by atoms with E-state index in [-0.39, 0.29) is 11.4 Å². The first-order chi connectivity index (χ1) is 7.78. The van der Waals surface area contributed by atoms with Crippen LogP contribution in [0.25, 0.3) is 0 Å². The van der Waals surface area contributed by atoms with Crippen molar-refractivity contribution in [3.8, 4) is 11.6 Å². The Morgan fingerprint density at radius 2 is 2.44 bits per heavy atom. The third kappa shape index (κ3) is 2.47. The zero-order valence-electron chi connectivity index (χ0n) is 8.88. The molecular weight excluding hydrogens is 208 g/mol. The minimum Gasteiger partial charge on any atom is -0.435 e. The zero-order chi connectivity index (χ0) is 11.4. The highest BCUT2D eigenvalue weighted by molar-refractivity contribution is 5.19. The second kappa shape index (κ2) is 4.61. The van der Waals surface area contributed by atoms with Gasteiger partial charge in [0.15, 0.2) is 5.75 Å². The van der Waals surface area contributed by atoms with Crippen LogP contribution in [-0.2, 0) is 6.54 Å². The van der Waals surface area contributed by atoms with E-state index < -0.39 is 0 Å². The van der Waals surface area contributed by atoms with E-state index >= 15 is 0 Å². The van der Waals surface area contributed by atoms with Crippen LogP contribution in [0, 0.1) is 0 Å². The Hall–Kier alpha value is -2.11. The van der Waals surface area contributed by atoms with Crippen LogP contribution in [0.4, 0.5) is 0 Å². The highest BCUT2D eigenvalue weighted by atomic mass is 16.5. The van der Waals surface area contributed by atoms with Crippen molar-refractivity contribution >= 4 is 0 Å². The molecule has 2 rings (SSSR count). The van der Waals surface area contributed by atoms with Crippen LogP contribution in [-0.4, -0.2) is 19.7 Å². The third-order valence-electron chi connectivity index (χ3n) is 1.94. The quantitative estimate of drug-likeness (QED) is 0.839. The molecule has 0 spiro atoms. The summed E-state index contributed by atoms with van der Waals surface area (Å²) in [5, 5.41) is 4.10. The smallest absolute Gasteiger partial charge is 0.254 e. The zero-order valence-corrected chi connectivity index (χ0v) is 8.88. The maximum atomic E-state index is 11.0. The molecule has 0 radical (unpaired) electrons. The van der Waals surface area contributed by atoms with Crippen molar-refractivity contribution in [1.29, 1.82) is 0 Å². The first-order valence-electron chi connectivity index (χ1n) is 5.03. The number of ether oxygens (including phenoxy) is 1. The largest absolute Gasteiger partial charge is 0.435 e. The Bertz CT molecular complexity index is 517. The summed E-state index contributed by atoms with van der Waals surface area (Å²) in [5.41, 5.74) is -0.244. The van der Waals surface area contributed by atoms with Crippen molar-refractivity contribution in [2.75, 3.05) is 0 Å². The third-order valence-corrected chi connectivity index (χ3v) is 1.94. The van der Waals surface area contributed by atoms with Gasteiger partial charge in [-0.3, -0.25) is 9.48 Å². The van der Waals surface area contributed by atoms with E-state index in [4.69, 9.17) is 4.74 Å². The monoisotopic (exact) mass is 220 g/mol. The molecule has 6 nitrogen and oxygen atoms in total. The SMILES string of the molecule is CCCn1cc(Oc2cc(=O)[nH]cn2)cn1. The van der Waals surface area contributed by atoms with Gasteiger partial charge in [0.05, 0.1) is 24.8 Å². The Morgan fingerprint density at radius 1 is 1.56 bits per heavy atom. The van der Waals surface area contributed by atoms with Crippen LogP contribution in [0.3, 0.4) is 0 Å². The fraction of sp³-hybridized carbons (Fsp3) is 0.300. The van der Waals surface area contributed by atoms with E-state index in [1.165, 1.54) is 12.4 Å². The van der Waals surface area contributed by atoms with Crippen molar-refractivity contribution < 1.29 is 4.74 Å². The Kier molecular flexibility index (Phi) is 3.00. The molecule has 0 aliphatic rings. The van der Waals surface area contributed by atoms with Crippen molar-refractivity contribution in [3.63, 3.8) is 0 Å². The van der Waals surface area contributed by atoms with Gasteiger partial charge in [0.25, 0.3) is 5.56 Å².